The van der Waals surface area contributed by atoms with Gasteiger partial charge in [0.15, 0.2) is 5.82 Å². The Morgan fingerprint density at radius 3 is 2.73 bits per heavy atom. The molecule has 2 aromatic rings. The number of hydrogen-bond acceptors (Lipinski definition) is 4. The number of rotatable bonds is 4. The fourth-order valence-electron chi connectivity index (χ4n) is 2.73. The van der Waals surface area contributed by atoms with E-state index in [0.717, 1.165) is 18.5 Å². The summed E-state index contributed by atoms with van der Waals surface area (Å²) in [5, 5.41) is 17.5. The van der Waals surface area contributed by atoms with Crippen LogP contribution in [0.25, 0.3) is 5.69 Å². The third kappa shape index (κ3) is 3.60. The van der Waals surface area contributed by atoms with Crippen LogP contribution in [0, 0.1) is 0 Å². The fourth-order valence-corrected chi connectivity index (χ4v) is 2.73. The molecule has 1 aliphatic carbocycles. The first-order valence-electron chi connectivity index (χ1n) is 7.70. The molecule has 0 spiro atoms. The lowest BCUT2D eigenvalue weighted by Gasteiger charge is -2.22. The van der Waals surface area contributed by atoms with Crippen molar-refractivity contribution < 1.29 is 4.79 Å². The molecule has 1 heterocycles. The van der Waals surface area contributed by atoms with Crippen molar-refractivity contribution in [2.75, 3.05) is 0 Å². The summed E-state index contributed by atoms with van der Waals surface area (Å²) in [6.45, 7) is 0.292. The van der Waals surface area contributed by atoms with E-state index in [1.807, 2.05) is 30.3 Å². The van der Waals surface area contributed by atoms with Gasteiger partial charge in [-0.15, -0.1) is 5.10 Å². The number of para-hydroxylation sites is 1. The maximum absolute atomic E-state index is 12.0. The maximum Gasteiger partial charge on any atom is 0.315 e. The highest BCUT2D eigenvalue weighted by Gasteiger charge is 2.16. The number of urea groups is 1. The number of nitrogens with zero attached hydrogens (tertiary/aromatic N) is 4. The van der Waals surface area contributed by atoms with E-state index in [2.05, 4.69) is 26.2 Å². The Morgan fingerprint density at radius 1 is 1.18 bits per heavy atom. The molecular weight excluding hydrogens is 280 g/mol. The molecule has 22 heavy (non-hydrogen) atoms. The van der Waals surface area contributed by atoms with Crippen LogP contribution < -0.4 is 10.6 Å². The summed E-state index contributed by atoms with van der Waals surface area (Å²) >= 11 is 0. The molecule has 0 bridgehead atoms. The molecule has 116 valence electrons. The van der Waals surface area contributed by atoms with Crippen LogP contribution in [0.15, 0.2) is 30.3 Å². The third-order valence-electron chi connectivity index (χ3n) is 3.88. The monoisotopic (exact) mass is 300 g/mol. The number of nitrogens with one attached hydrogen (secondary N) is 2. The number of tetrazole rings is 1. The molecule has 0 atom stereocenters. The summed E-state index contributed by atoms with van der Waals surface area (Å²) < 4.78 is 1.63. The lowest BCUT2D eigenvalue weighted by atomic mass is 9.96. The van der Waals surface area contributed by atoms with Crippen molar-refractivity contribution in [2.45, 2.75) is 44.7 Å². The Morgan fingerprint density at radius 2 is 1.95 bits per heavy atom. The van der Waals surface area contributed by atoms with Crippen LogP contribution in [-0.2, 0) is 6.54 Å². The molecule has 0 aliphatic heterocycles. The van der Waals surface area contributed by atoms with Crippen molar-refractivity contribution in [1.29, 1.82) is 0 Å². The van der Waals surface area contributed by atoms with Gasteiger partial charge in [0.2, 0.25) is 0 Å². The van der Waals surface area contributed by atoms with Crippen LogP contribution in [0.5, 0.6) is 0 Å². The molecule has 1 aromatic carbocycles. The minimum atomic E-state index is -0.158. The Bertz CT molecular complexity index is 606. The molecule has 7 heteroatoms. The van der Waals surface area contributed by atoms with E-state index in [1.165, 1.54) is 19.3 Å². The Hall–Kier alpha value is -2.44. The van der Waals surface area contributed by atoms with E-state index >= 15 is 0 Å². The zero-order chi connectivity index (χ0) is 15.2. The van der Waals surface area contributed by atoms with E-state index in [9.17, 15) is 4.79 Å². The van der Waals surface area contributed by atoms with Crippen LogP contribution in [-0.4, -0.2) is 32.3 Å². The Kier molecular flexibility index (Phi) is 4.62. The molecule has 3 rings (SSSR count). The number of carbonyl (C=O) groups excluding carboxylic acids is 1. The van der Waals surface area contributed by atoms with Gasteiger partial charge in [-0.3, -0.25) is 0 Å². The van der Waals surface area contributed by atoms with Crippen LogP contribution >= 0.6 is 0 Å². The van der Waals surface area contributed by atoms with Gasteiger partial charge in [-0.25, -0.2) is 4.79 Å². The van der Waals surface area contributed by atoms with Gasteiger partial charge in [0.25, 0.3) is 0 Å². The zero-order valence-electron chi connectivity index (χ0n) is 12.4. The first-order chi connectivity index (χ1) is 10.8. The summed E-state index contributed by atoms with van der Waals surface area (Å²) in [6, 6.07) is 9.75. The number of carbonyl (C=O) groups is 1. The number of benzene rings is 1. The van der Waals surface area contributed by atoms with Crippen LogP contribution in [0.4, 0.5) is 4.79 Å². The molecule has 7 nitrogen and oxygen atoms in total. The van der Waals surface area contributed by atoms with Crippen molar-refractivity contribution in [3.8, 4) is 5.69 Å². The normalized spacial score (nSPS) is 15.5. The minimum absolute atomic E-state index is 0.158. The van der Waals surface area contributed by atoms with Crippen molar-refractivity contribution in [3.05, 3.63) is 36.2 Å². The van der Waals surface area contributed by atoms with Gasteiger partial charge < -0.3 is 10.6 Å². The van der Waals surface area contributed by atoms with Crippen molar-refractivity contribution >= 4 is 6.03 Å². The average molecular weight is 300 g/mol. The Labute approximate surface area is 129 Å². The third-order valence-corrected chi connectivity index (χ3v) is 3.88. The van der Waals surface area contributed by atoms with Crippen molar-refractivity contribution in [3.63, 3.8) is 0 Å². The van der Waals surface area contributed by atoms with Crippen LogP contribution in [0.1, 0.15) is 37.9 Å². The predicted molar refractivity (Wildman–Crippen MR) is 81.4 cm³/mol. The topological polar surface area (TPSA) is 84.7 Å². The standard InChI is InChI=1S/C15H20N6O/c22-15(17-12-7-3-1-4-8-12)16-11-14-18-19-20-21(14)13-9-5-2-6-10-13/h2,5-6,9-10,12H,1,3-4,7-8,11H2,(H2,16,17,22). The molecule has 0 unspecified atom stereocenters. The summed E-state index contributed by atoms with van der Waals surface area (Å²) in [5.74, 6) is 0.602. The summed E-state index contributed by atoms with van der Waals surface area (Å²) in [4.78, 5) is 12.0. The smallest absolute Gasteiger partial charge is 0.315 e. The van der Waals surface area contributed by atoms with Gasteiger partial charge in [0, 0.05) is 6.04 Å². The van der Waals surface area contributed by atoms with E-state index in [0.29, 0.717) is 18.4 Å². The molecule has 1 aromatic heterocycles. The molecule has 2 amide bonds. The molecule has 1 aliphatic rings. The largest absolute Gasteiger partial charge is 0.335 e. The second kappa shape index (κ2) is 7.02. The van der Waals surface area contributed by atoms with E-state index < -0.39 is 0 Å². The summed E-state index contributed by atoms with van der Waals surface area (Å²) in [5.41, 5.74) is 0.872. The SMILES string of the molecule is O=C(NCc1nnnn1-c1ccccc1)NC1CCCCC1. The Balaban J connectivity index is 1.55. The van der Waals surface area contributed by atoms with Crippen molar-refractivity contribution in [1.82, 2.24) is 30.8 Å². The predicted octanol–water partition coefficient (Wildman–Crippen LogP) is 1.79. The molecule has 1 fully saturated rings. The van der Waals surface area contributed by atoms with Gasteiger partial charge in [0.05, 0.1) is 12.2 Å². The highest BCUT2D eigenvalue weighted by molar-refractivity contribution is 5.74. The lowest BCUT2D eigenvalue weighted by molar-refractivity contribution is 0.232. The highest BCUT2D eigenvalue weighted by atomic mass is 16.2. The second-order valence-corrected chi connectivity index (χ2v) is 5.50. The van der Waals surface area contributed by atoms with E-state index in [-0.39, 0.29) is 6.03 Å². The average Bonchev–Trinajstić information content (AvgIpc) is 3.03. The van der Waals surface area contributed by atoms with Gasteiger partial charge in [-0.1, -0.05) is 37.5 Å². The second-order valence-electron chi connectivity index (χ2n) is 5.50. The first kappa shape index (κ1) is 14.5. The van der Waals surface area contributed by atoms with E-state index in [1.54, 1.807) is 4.68 Å². The molecule has 2 N–H and O–H groups in total. The van der Waals surface area contributed by atoms with Gasteiger partial charge in [0.1, 0.15) is 0 Å². The van der Waals surface area contributed by atoms with Crippen LogP contribution in [0.3, 0.4) is 0 Å². The lowest BCUT2D eigenvalue weighted by Crippen LogP contribution is -2.42. The quantitative estimate of drug-likeness (QED) is 0.901. The minimum Gasteiger partial charge on any atom is -0.335 e. The molecule has 0 saturated heterocycles. The summed E-state index contributed by atoms with van der Waals surface area (Å²) in [6.07, 6.45) is 5.78. The number of aromatic nitrogens is 4. The molecule has 0 radical (unpaired) electrons. The van der Waals surface area contributed by atoms with Crippen LogP contribution in [0.2, 0.25) is 0 Å². The summed E-state index contributed by atoms with van der Waals surface area (Å²) in [7, 11) is 0. The van der Waals surface area contributed by atoms with Gasteiger partial charge in [-0.2, -0.15) is 4.68 Å². The van der Waals surface area contributed by atoms with E-state index in [4.69, 9.17) is 0 Å². The maximum atomic E-state index is 12.0. The van der Waals surface area contributed by atoms with Gasteiger partial charge >= 0.3 is 6.03 Å². The van der Waals surface area contributed by atoms with Crippen molar-refractivity contribution in [2.24, 2.45) is 0 Å². The zero-order valence-corrected chi connectivity index (χ0v) is 12.4. The number of hydrogen-bond donors (Lipinski definition) is 2. The molecule has 1 saturated carbocycles. The molecular formula is C15H20N6O. The fraction of sp³-hybridized carbons (Fsp3) is 0.467. The first-order valence-corrected chi connectivity index (χ1v) is 7.70. The number of amides is 2. The highest BCUT2D eigenvalue weighted by Crippen LogP contribution is 2.17. The van der Waals surface area contributed by atoms with Gasteiger partial charge in [-0.05, 0) is 35.4 Å².